The van der Waals surface area contributed by atoms with Crippen LogP contribution < -0.4 is 14.8 Å². The van der Waals surface area contributed by atoms with E-state index in [1.165, 1.54) is 13.0 Å². The molecule has 0 spiro atoms. The summed E-state index contributed by atoms with van der Waals surface area (Å²) >= 11 is 0. The van der Waals surface area contributed by atoms with Gasteiger partial charge in [0.1, 0.15) is 0 Å². The highest BCUT2D eigenvalue weighted by atomic mass is 16.7. The molecule has 1 aliphatic heterocycles. The molecule has 0 saturated heterocycles. The quantitative estimate of drug-likeness (QED) is 0.455. The number of fused-ring (bicyclic) bond motifs is 1. The van der Waals surface area contributed by atoms with E-state index in [0.717, 1.165) is 5.56 Å². The molecule has 1 N–H and O–H groups in total. The van der Waals surface area contributed by atoms with Crippen molar-refractivity contribution in [1.29, 1.82) is 0 Å². The number of carbonyl (C=O) groups excluding carboxylic acids is 3. The zero-order valence-electron chi connectivity index (χ0n) is 17.4. The number of hydrogen-bond acceptors (Lipinski definition) is 6. The van der Waals surface area contributed by atoms with Crippen LogP contribution in [0.2, 0.25) is 0 Å². The fourth-order valence-electron chi connectivity index (χ4n) is 3.27. The number of nitrogens with one attached hydrogen (secondary N) is 1. The van der Waals surface area contributed by atoms with Gasteiger partial charge in [0, 0.05) is 17.7 Å². The van der Waals surface area contributed by atoms with E-state index in [9.17, 15) is 14.4 Å². The minimum absolute atomic E-state index is 0.108. The molecule has 3 aromatic carbocycles. The summed E-state index contributed by atoms with van der Waals surface area (Å²) in [6, 6.07) is 20.4. The van der Waals surface area contributed by atoms with Crippen molar-refractivity contribution < 1.29 is 28.6 Å². The van der Waals surface area contributed by atoms with Crippen molar-refractivity contribution in [1.82, 2.24) is 5.32 Å². The van der Waals surface area contributed by atoms with Gasteiger partial charge in [-0.1, -0.05) is 54.6 Å². The smallest absolute Gasteiger partial charge is 0.339 e. The Balaban J connectivity index is 1.39. The van der Waals surface area contributed by atoms with Gasteiger partial charge < -0.3 is 19.5 Å². The minimum atomic E-state index is -1.05. The number of hydrogen-bond donors (Lipinski definition) is 1. The first-order chi connectivity index (χ1) is 15.5. The highest BCUT2D eigenvalue weighted by Gasteiger charge is 2.23. The van der Waals surface area contributed by atoms with Crippen LogP contribution in [0.5, 0.6) is 11.5 Å². The first-order valence-electron chi connectivity index (χ1n) is 10.1. The Kier molecular flexibility index (Phi) is 6.17. The van der Waals surface area contributed by atoms with Gasteiger partial charge in [-0.15, -0.1) is 0 Å². The molecule has 1 aliphatic rings. The lowest BCUT2D eigenvalue weighted by molar-refractivity contribution is -0.129. The molecule has 162 valence electrons. The van der Waals surface area contributed by atoms with Gasteiger partial charge in [-0.05, 0) is 30.7 Å². The zero-order valence-corrected chi connectivity index (χ0v) is 17.4. The molecule has 0 bridgehead atoms. The predicted octanol–water partition coefficient (Wildman–Crippen LogP) is 3.51. The molecule has 3 aromatic rings. The first kappa shape index (κ1) is 21.1. The van der Waals surface area contributed by atoms with Gasteiger partial charge in [-0.3, -0.25) is 9.59 Å². The topological polar surface area (TPSA) is 90.9 Å². The van der Waals surface area contributed by atoms with Crippen molar-refractivity contribution in [2.24, 2.45) is 0 Å². The largest absolute Gasteiger partial charge is 0.454 e. The molecule has 0 radical (unpaired) electrons. The maximum Gasteiger partial charge on any atom is 0.339 e. The van der Waals surface area contributed by atoms with Crippen LogP contribution in [-0.4, -0.2) is 30.6 Å². The lowest BCUT2D eigenvalue weighted by Crippen LogP contribution is -2.35. The molecular weight excluding hydrogens is 410 g/mol. The Labute approximate surface area is 184 Å². The van der Waals surface area contributed by atoms with Crippen molar-refractivity contribution in [2.75, 3.05) is 6.79 Å². The van der Waals surface area contributed by atoms with Crippen molar-refractivity contribution in [3.63, 3.8) is 0 Å². The summed E-state index contributed by atoms with van der Waals surface area (Å²) in [5, 5.41) is 2.73. The number of carbonyl (C=O) groups is 3. The molecule has 0 aliphatic carbocycles. The molecule has 0 saturated carbocycles. The van der Waals surface area contributed by atoms with E-state index in [4.69, 9.17) is 14.2 Å². The summed E-state index contributed by atoms with van der Waals surface area (Å²) < 4.78 is 15.9. The number of rotatable bonds is 7. The summed E-state index contributed by atoms with van der Waals surface area (Å²) in [4.78, 5) is 38.0. The molecule has 1 atom stereocenters. The second-order valence-electron chi connectivity index (χ2n) is 7.19. The molecule has 7 nitrogen and oxygen atoms in total. The maximum absolute atomic E-state index is 12.8. The van der Waals surface area contributed by atoms with Crippen LogP contribution in [-0.2, 0) is 16.1 Å². The first-order valence-corrected chi connectivity index (χ1v) is 10.1. The number of ketones is 1. The van der Waals surface area contributed by atoms with E-state index in [-0.39, 0.29) is 30.2 Å². The third kappa shape index (κ3) is 4.62. The van der Waals surface area contributed by atoms with Gasteiger partial charge in [-0.25, -0.2) is 4.79 Å². The summed E-state index contributed by atoms with van der Waals surface area (Å²) in [5.74, 6) is -0.210. The molecule has 1 heterocycles. The third-order valence-electron chi connectivity index (χ3n) is 4.98. The lowest BCUT2D eigenvalue weighted by Gasteiger charge is -2.15. The van der Waals surface area contributed by atoms with E-state index < -0.39 is 18.0 Å². The summed E-state index contributed by atoms with van der Waals surface area (Å²) in [6.45, 7) is 1.89. The molecular formula is C25H21NO6. The van der Waals surface area contributed by atoms with Crippen molar-refractivity contribution >= 4 is 17.7 Å². The lowest BCUT2D eigenvalue weighted by atomic mass is 9.98. The molecule has 1 amide bonds. The molecule has 32 heavy (non-hydrogen) atoms. The van der Waals surface area contributed by atoms with Crippen LogP contribution >= 0.6 is 0 Å². The summed E-state index contributed by atoms with van der Waals surface area (Å²) in [6.07, 6.45) is -1.05. The van der Waals surface area contributed by atoms with Gasteiger partial charge in [0.05, 0.1) is 5.56 Å². The molecule has 0 aromatic heterocycles. The van der Waals surface area contributed by atoms with Gasteiger partial charge in [0.15, 0.2) is 23.4 Å². The zero-order chi connectivity index (χ0) is 22.5. The molecule has 0 fully saturated rings. The van der Waals surface area contributed by atoms with Crippen LogP contribution in [0.25, 0.3) is 0 Å². The minimum Gasteiger partial charge on any atom is -0.454 e. The van der Waals surface area contributed by atoms with E-state index in [1.54, 1.807) is 60.7 Å². The Bertz CT molecular complexity index is 1160. The van der Waals surface area contributed by atoms with Gasteiger partial charge in [0.25, 0.3) is 5.91 Å². The molecule has 1 unspecified atom stereocenters. The Morgan fingerprint density at radius 3 is 2.38 bits per heavy atom. The second-order valence-corrected chi connectivity index (χ2v) is 7.19. The van der Waals surface area contributed by atoms with Crippen molar-refractivity contribution in [3.8, 4) is 11.5 Å². The third-order valence-corrected chi connectivity index (χ3v) is 4.98. The average molecular weight is 431 g/mol. The van der Waals surface area contributed by atoms with Gasteiger partial charge in [0.2, 0.25) is 6.79 Å². The maximum atomic E-state index is 12.8. The van der Waals surface area contributed by atoms with Gasteiger partial charge in [-0.2, -0.15) is 0 Å². The predicted molar refractivity (Wildman–Crippen MR) is 116 cm³/mol. The molecule has 7 heteroatoms. The summed E-state index contributed by atoms with van der Waals surface area (Å²) in [7, 11) is 0. The van der Waals surface area contributed by atoms with Crippen LogP contribution in [0.4, 0.5) is 0 Å². The highest BCUT2D eigenvalue weighted by Crippen LogP contribution is 2.32. The Morgan fingerprint density at radius 1 is 0.906 bits per heavy atom. The Morgan fingerprint density at radius 2 is 1.59 bits per heavy atom. The number of esters is 1. The van der Waals surface area contributed by atoms with Gasteiger partial charge >= 0.3 is 5.97 Å². The van der Waals surface area contributed by atoms with Crippen molar-refractivity contribution in [2.45, 2.75) is 19.6 Å². The van der Waals surface area contributed by atoms with Crippen LogP contribution in [0, 0.1) is 0 Å². The van der Waals surface area contributed by atoms with Crippen molar-refractivity contribution in [3.05, 3.63) is 95.1 Å². The van der Waals surface area contributed by atoms with Crippen LogP contribution in [0.1, 0.15) is 38.8 Å². The van der Waals surface area contributed by atoms with E-state index >= 15 is 0 Å². The number of benzene rings is 3. The average Bonchev–Trinajstić information content (AvgIpc) is 3.30. The highest BCUT2D eigenvalue weighted by molar-refractivity contribution is 6.14. The molecule has 4 rings (SSSR count). The number of amides is 1. The fraction of sp³-hybridized carbons (Fsp3) is 0.160. The fourth-order valence-corrected chi connectivity index (χ4v) is 3.27. The van der Waals surface area contributed by atoms with Crippen LogP contribution in [0.3, 0.4) is 0 Å². The van der Waals surface area contributed by atoms with E-state index in [0.29, 0.717) is 17.1 Å². The monoisotopic (exact) mass is 431 g/mol. The van der Waals surface area contributed by atoms with E-state index in [2.05, 4.69) is 5.32 Å². The Hall–Kier alpha value is -4.13. The SMILES string of the molecule is CC(OC(=O)c1ccccc1C(=O)c1ccccc1)C(=O)NCc1ccc2c(c1)OCO2. The normalized spacial score (nSPS) is 12.7. The summed E-state index contributed by atoms with van der Waals surface area (Å²) in [5.41, 5.74) is 1.61. The number of ether oxygens (including phenoxy) is 3. The van der Waals surface area contributed by atoms with E-state index in [1.807, 2.05) is 6.07 Å². The standard InChI is InChI=1S/C25H21NO6/c1-16(24(28)26-14-17-11-12-21-22(13-17)31-15-30-21)32-25(29)20-10-6-5-9-19(20)23(27)18-7-3-2-4-8-18/h2-13,16H,14-15H2,1H3,(H,26,28). The van der Waals surface area contributed by atoms with Crippen LogP contribution in [0.15, 0.2) is 72.8 Å². The second kappa shape index (κ2) is 9.34.